The van der Waals surface area contributed by atoms with Gasteiger partial charge in [0.25, 0.3) is 0 Å². The quantitative estimate of drug-likeness (QED) is 0.462. The number of ether oxygens (including phenoxy) is 1. The van der Waals surface area contributed by atoms with Gasteiger partial charge in [0, 0.05) is 6.07 Å². The minimum atomic E-state index is -1.98. The predicted molar refractivity (Wildman–Crippen MR) is 50.3 cm³/mol. The second kappa shape index (κ2) is 4.67. The Hall–Kier alpha value is -1.73. The molecular weight excluding hydrogens is 203 g/mol. The number of phenols is 1. The fourth-order valence-electron chi connectivity index (χ4n) is 0.989. The van der Waals surface area contributed by atoms with Crippen molar-refractivity contribution in [3.8, 4) is 11.5 Å². The van der Waals surface area contributed by atoms with Crippen LogP contribution in [0.15, 0.2) is 18.2 Å². The van der Waals surface area contributed by atoms with Crippen LogP contribution in [-0.4, -0.2) is 35.6 Å². The number of phenolic OH excluding ortho intramolecular Hbond substituents is 1. The molecule has 6 nitrogen and oxygen atoms in total. The van der Waals surface area contributed by atoms with E-state index in [4.69, 9.17) is 10.0 Å². The van der Waals surface area contributed by atoms with Crippen molar-refractivity contribution >= 4 is 13.3 Å². The van der Waals surface area contributed by atoms with E-state index in [9.17, 15) is 9.90 Å². The third-order valence-electron chi connectivity index (χ3n) is 1.62. The SMILES string of the molecule is COC(=O)c1ccc(OB(O)O)cc1O. The minimum Gasteiger partial charge on any atom is -0.512 e. The lowest BCUT2D eigenvalue weighted by Crippen LogP contribution is -2.20. The number of benzene rings is 1. The summed E-state index contributed by atoms with van der Waals surface area (Å²) in [5.74, 6) is -1.03. The molecule has 0 aliphatic carbocycles. The Balaban J connectivity index is 2.93. The second-order valence-electron chi connectivity index (χ2n) is 2.61. The van der Waals surface area contributed by atoms with E-state index in [0.29, 0.717) is 0 Å². The number of hydrogen-bond acceptors (Lipinski definition) is 6. The van der Waals surface area contributed by atoms with Crippen molar-refractivity contribution in [3.05, 3.63) is 23.8 Å². The summed E-state index contributed by atoms with van der Waals surface area (Å²) < 4.78 is 8.86. The van der Waals surface area contributed by atoms with Gasteiger partial charge in [0.2, 0.25) is 0 Å². The monoisotopic (exact) mass is 212 g/mol. The molecule has 0 heterocycles. The number of hydrogen-bond donors (Lipinski definition) is 3. The van der Waals surface area contributed by atoms with Crippen molar-refractivity contribution in [2.75, 3.05) is 7.11 Å². The fourth-order valence-corrected chi connectivity index (χ4v) is 0.989. The molecule has 0 atom stereocenters. The topological polar surface area (TPSA) is 96.2 Å². The molecule has 0 spiro atoms. The van der Waals surface area contributed by atoms with Crippen LogP contribution < -0.4 is 4.65 Å². The van der Waals surface area contributed by atoms with E-state index in [-0.39, 0.29) is 17.1 Å². The van der Waals surface area contributed by atoms with Crippen LogP contribution in [0.2, 0.25) is 0 Å². The smallest absolute Gasteiger partial charge is 0.512 e. The maximum Gasteiger partial charge on any atom is 0.707 e. The Morgan fingerprint density at radius 1 is 1.40 bits per heavy atom. The largest absolute Gasteiger partial charge is 0.707 e. The molecule has 7 heteroatoms. The molecule has 0 bridgehead atoms. The average Bonchev–Trinajstić information content (AvgIpc) is 2.16. The van der Waals surface area contributed by atoms with E-state index in [1.54, 1.807) is 0 Å². The highest BCUT2D eigenvalue weighted by Gasteiger charge is 2.15. The van der Waals surface area contributed by atoms with Crippen molar-refractivity contribution in [1.82, 2.24) is 0 Å². The van der Waals surface area contributed by atoms with E-state index < -0.39 is 13.3 Å². The zero-order valence-electron chi connectivity index (χ0n) is 7.88. The van der Waals surface area contributed by atoms with Crippen molar-refractivity contribution in [2.45, 2.75) is 0 Å². The molecule has 0 aliphatic heterocycles. The molecular formula is C8H9BO6. The number of rotatable bonds is 3. The summed E-state index contributed by atoms with van der Waals surface area (Å²) in [6.07, 6.45) is 0. The van der Waals surface area contributed by atoms with E-state index in [0.717, 1.165) is 6.07 Å². The van der Waals surface area contributed by atoms with E-state index >= 15 is 0 Å². The Morgan fingerprint density at radius 3 is 2.53 bits per heavy atom. The van der Waals surface area contributed by atoms with Gasteiger partial charge >= 0.3 is 13.3 Å². The summed E-state index contributed by atoms with van der Waals surface area (Å²) in [6.45, 7) is 0. The molecule has 0 aliphatic rings. The molecule has 80 valence electrons. The van der Waals surface area contributed by atoms with Gasteiger partial charge in [-0.15, -0.1) is 0 Å². The maximum absolute atomic E-state index is 11.0. The van der Waals surface area contributed by atoms with Crippen molar-refractivity contribution in [1.29, 1.82) is 0 Å². The first-order valence-electron chi connectivity index (χ1n) is 3.98. The molecule has 0 fully saturated rings. The van der Waals surface area contributed by atoms with Gasteiger partial charge in [0.1, 0.15) is 17.1 Å². The van der Waals surface area contributed by atoms with Gasteiger partial charge in [-0.2, -0.15) is 0 Å². The molecule has 3 N–H and O–H groups in total. The van der Waals surface area contributed by atoms with E-state index in [2.05, 4.69) is 9.39 Å². The van der Waals surface area contributed by atoms with Gasteiger partial charge in [-0.05, 0) is 12.1 Å². The number of carbonyl (C=O) groups is 1. The van der Waals surface area contributed by atoms with Crippen molar-refractivity contribution in [2.24, 2.45) is 0 Å². The van der Waals surface area contributed by atoms with E-state index in [1.807, 2.05) is 0 Å². The first-order valence-corrected chi connectivity index (χ1v) is 3.98. The lowest BCUT2D eigenvalue weighted by molar-refractivity contribution is 0.0597. The lowest BCUT2D eigenvalue weighted by Gasteiger charge is -2.07. The van der Waals surface area contributed by atoms with Crippen molar-refractivity contribution < 1.29 is 29.3 Å². The highest BCUT2D eigenvalue weighted by molar-refractivity contribution is 6.33. The standard InChI is InChI=1S/C8H9BO6/c1-14-8(11)6-3-2-5(4-7(6)10)15-9(12)13/h2-4,10,12-13H,1H3. The molecule has 0 saturated heterocycles. The summed E-state index contributed by atoms with van der Waals surface area (Å²) >= 11 is 0. The van der Waals surface area contributed by atoms with Gasteiger partial charge in [-0.3, -0.25) is 0 Å². The molecule has 1 rings (SSSR count). The zero-order valence-corrected chi connectivity index (χ0v) is 7.88. The number of esters is 1. The second-order valence-corrected chi connectivity index (χ2v) is 2.61. The molecule has 1 aromatic rings. The Bertz CT molecular complexity index is 364. The molecule has 0 radical (unpaired) electrons. The fraction of sp³-hybridized carbons (Fsp3) is 0.125. The first kappa shape index (κ1) is 11.4. The Kier molecular flexibility index (Phi) is 3.54. The van der Waals surface area contributed by atoms with Crippen molar-refractivity contribution in [3.63, 3.8) is 0 Å². The summed E-state index contributed by atoms with van der Waals surface area (Å²) in [7, 11) is -0.794. The zero-order chi connectivity index (χ0) is 11.4. The van der Waals surface area contributed by atoms with Gasteiger partial charge < -0.3 is 24.5 Å². The number of aromatic hydroxyl groups is 1. The van der Waals surface area contributed by atoms with Gasteiger partial charge in [0.05, 0.1) is 7.11 Å². The van der Waals surface area contributed by atoms with Gasteiger partial charge in [-0.1, -0.05) is 0 Å². The van der Waals surface area contributed by atoms with Crippen LogP contribution in [0, 0.1) is 0 Å². The minimum absolute atomic E-state index is 0.0233. The average molecular weight is 212 g/mol. The van der Waals surface area contributed by atoms with Gasteiger partial charge in [-0.25, -0.2) is 4.79 Å². The van der Waals surface area contributed by atoms with Crippen LogP contribution in [0.5, 0.6) is 11.5 Å². The summed E-state index contributed by atoms with van der Waals surface area (Å²) in [5, 5.41) is 26.3. The molecule has 15 heavy (non-hydrogen) atoms. The van der Waals surface area contributed by atoms with E-state index in [1.165, 1.54) is 19.2 Å². The third kappa shape index (κ3) is 2.86. The first-order chi connectivity index (χ1) is 7.04. The highest BCUT2D eigenvalue weighted by atomic mass is 16.6. The van der Waals surface area contributed by atoms with Crippen LogP contribution in [0.1, 0.15) is 10.4 Å². The molecule has 0 saturated carbocycles. The summed E-state index contributed by atoms with van der Waals surface area (Å²) in [5.41, 5.74) is -0.0303. The molecule has 0 unspecified atom stereocenters. The summed E-state index contributed by atoms with van der Waals surface area (Å²) in [4.78, 5) is 11.0. The number of carbonyl (C=O) groups excluding carboxylic acids is 1. The number of methoxy groups -OCH3 is 1. The predicted octanol–water partition coefficient (Wildman–Crippen LogP) is -0.473. The van der Waals surface area contributed by atoms with Gasteiger partial charge in [0.15, 0.2) is 0 Å². The molecule has 1 aromatic carbocycles. The highest BCUT2D eigenvalue weighted by Crippen LogP contribution is 2.24. The summed E-state index contributed by atoms with van der Waals surface area (Å²) in [6, 6.07) is 3.62. The third-order valence-corrected chi connectivity index (χ3v) is 1.62. The van der Waals surface area contributed by atoms with Crippen LogP contribution in [-0.2, 0) is 4.74 Å². The van der Waals surface area contributed by atoms with Crippen LogP contribution >= 0.6 is 0 Å². The maximum atomic E-state index is 11.0. The van der Waals surface area contributed by atoms with Crippen LogP contribution in [0.3, 0.4) is 0 Å². The normalized spacial score (nSPS) is 9.53. The molecule has 0 aromatic heterocycles. The van der Waals surface area contributed by atoms with Crippen LogP contribution in [0.25, 0.3) is 0 Å². The lowest BCUT2D eigenvalue weighted by atomic mass is 10.2. The Labute approximate surface area is 85.9 Å². The molecule has 0 amide bonds. The van der Waals surface area contributed by atoms with Crippen LogP contribution in [0.4, 0.5) is 0 Å². The Morgan fingerprint density at radius 2 is 2.07 bits per heavy atom.